The number of carboxylic acid groups (broad SMARTS) is 2. The van der Waals surface area contributed by atoms with Crippen LogP contribution in [0.1, 0.15) is 49.3 Å². The number of carboxylic acids is 2. The second-order valence-electron chi connectivity index (χ2n) is 11.3. The SMILES string of the molecule is Cn1cc2c3c(c[nH]c3c1=O)C(CCC(CCC(=O)O)CC(=O)O)N(c1ccc(F)cc1F)c1ccc(CS(C)(=O)=O)cc1-2. The Morgan fingerprint density at radius 3 is 2.41 bits per heavy atom. The first-order valence-electron chi connectivity index (χ1n) is 13.9. The molecule has 2 unspecified atom stereocenters. The molecule has 3 N–H and O–H groups in total. The molecule has 4 aromatic rings. The summed E-state index contributed by atoms with van der Waals surface area (Å²) in [6.07, 6.45) is 4.48. The molecule has 13 heteroatoms. The van der Waals surface area contributed by atoms with Crippen LogP contribution in [0.15, 0.2) is 53.6 Å². The molecule has 2 aromatic heterocycles. The van der Waals surface area contributed by atoms with Crippen molar-refractivity contribution in [2.75, 3.05) is 11.2 Å². The molecule has 1 aliphatic heterocycles. The predicted octanol–water partition coefficient (Wildman–Crippen LogP) is 5.29. The molecule has 0 aliphatic carbocycles. The molecule has 0 bridgehead atoms. The molecule has 1 aliphatic rings. The number of pyridine rings is 1. The van der Waals surface area contributed by atoms with Crippen molar-refractivity contribution in [2.24, 2.45) is 13.0 Å². The van der Waals surface area contributed by atoms with Gasteiger partial charge in [-0.2, -0.15) is 0 Å². The zero-order valence-corrected chi connectivity index (χ0v) is 24.8. The first-order chi connectivity index (χ1) is 20.7. The molecule has 0 fully saturated rings. The topological polar surface area (TPSA) is 150 Å². The van der Waals surface area contributed by atoms with Crippen LogP contribution in [0.3, 0.4) is 0 Å². The Labute approximate surface area is 251 Å². The average molecular weight is 628 g/mol. The van der Waals surface area contributed by atoms with Crippen molar-refractivity contribution in [3.63, 3.8) is 0 Å². The third-order valence-electron chi connectivity index (χ3n) is 7.99. The number of aromatic amines is 1. The molecular formula is C31H31F2N3O7S. The number of hydrogen-bond acceptors (Lipinski definition) is 6. The van der Waals surface area contributed by atoms with E-state index in [0.29, 0.717) is 33.3 Å². The summed E-state index contributed by atoms with van der Waals surface area (Å²) in [4.78, 5) is 40.8. The van der Waals surface area contributed by atoms with E-state index in [2.05, 4.69) is 4.98 Å². The van der Waals surface area contributed by atoms with Crippen LogP contribution in [0, 0.1) is 17.6 Å². The van der Waals surface area contributed by atoms with Gasteiger partial charge in [-0.3, -0.25) is 14.4 Å². The number of nitrogens with one attached hydrogen (secondary N) is 1. The maximum atomic E-state index is 15.6. The fraction of sp³-hybridized carbons (Fsp3) is 0.323. The van der Waals surface area contributed by atoms with Gasteiger partial charge < -0.3 is 24.7 Å². The van der Waals surface area contributed by atoms with Gasteiger partial charge in [-0.1, -0.05) is 6.07 Å². The van der Waals surface area contributed by atoms with Crippen molar-refractivity contribution in [3.8, 4) is 11.1 Å². The highest BCUT2D eigenvalue weighted by atomic mass is 32.2. The molecule has 0 saturated carbocycles. The molecule has 2 atom stereocenters. The summed E-state index contributed by atoms with van der Waals surface area (Å²) in [7, 11) is -1.84. The van der Waals surface area contributed by atoms with Gasteiger partial charge in [-0.05, 0) is 55.0 Å². The number of halogens is 2. The number of H-pyrrole nitrogens is 1. The number of aryl methyl sites for hydroxylation is 1. The van der Waals surface area contributed by atoms with Gasteiger partial charge in [0.1, 0.15) is 17.2 Å². The summed E-state index contributed by atoms with van der Waals surface area (Å²) in [6, 6.07) is 7.42. The molecule has 0 radical (unpaired) electrons. The van der Waals surface area contributed by atoms with Gasteiger partial charge in [0.2, 0.25) is 0 Å². The summed E-state index contributed by atoms with van der Waals surface area (Å²) in [5.74, 6) is -4.55. The number of sulfone groups is 1. The minimum atomic E-state index is -3.42. The maximum Gasteiger partial charge on any atom is 0.303 e. The smallest absolute Gasteiger partial charge is 0.303 e. The lowest BCUT2D eigenvalue weighted by molar-refractivity contribution is -0.140. The number of anilines is 2. The molecular weight excluding hydrogens is 596 g/mol. The van der Waals surface area contributed by atoms with Crippen LogP contribution in [0.5, 0.6) is 0 Å². The highest BCUT2D eigenvalue weighted by Gasteiger charge is 2.35. The number of nitrogens with zero attached hydrogens (tertiary/aromatic N) is 2. The van der Waals surface area contributed by atoms with Crippen molar-refractivity contribution < 1.29 is 37.0 Å². The van der Waals surface area contributed by atoms with Crippen LogP contribution in [-0.4, -0.2) is 46.4 Å². The van der Waals surface area contributed by atoms with Gasteiger partial charge in [-0.25, -0.2) is 17.2 Å². The highest BCUT2D eigenvalue weighted by Crippen LogP contribution is 2.50. The fourth-order valence-electron chi connectivity index (χ4n) is 6.14. The molecule has 10 nitrogen and oxygen atoms in total. The van der Waals surface area contributed by atoms with Gasteiger partial charge in [0.25, 0.3) is 5.56 Å². The Bertz CT molecular complexity index is 1950. The van der Waals surface area contributed by atoms with Crippen LogP contribution in [-0.2, 0) is 32.2 Å². The Kier molecular flexibility index (Phi) is 8.34. The van der Waals surface area contributed by atoms with Crippen molar-refractivity contribution in [1.82, 2.24) is 9.55 Å². The number of fused-ring (bicyclic) bond motifs is 2. The van der Waals surface area contributed by atoms with E-state index in [1.165, 1.54) is 10.6 Å². The Morgan fingerprint density at radius 2 is 1.75 bits per heavy atom. The highest BCUT2D eigenvalue weighted by molar-refractivity contribution is 7.89. The summed E-state index contributed by atoms with van der Waals surface area (Å²) in [5.41, 5.74) is 2.62. The third-order valence-corrected chi connectivity index (χ3v) is 8.85. The van der Waals surface area contributed by atoms with Crippen LogP contribution < -0.4 is 10.5 Å². The minimum absolute atomic E-state index is 0.0164. The Balaban J connectivity index is 1.76. The molecule has 232 valence electrons. The van der Waals surface area contributed by atoms with Crippen LogP contribution >= 0.6 is 0 Å². The van der Waals surface area contributed by atoms with E-state index >= 15 is 4.39 Å². The van der Waals surface area contributed by atoms with Crippen LogP contribution in [0.4, 0.5) is 20.2 Å². The first-order valence-corrected chi connectivity index (χ1v) is 16.0. The first kappa shape index (κ1) is 30.9. The number of carbonyl (C=O) groups is 2. The number of rotatable bonds is 11. The molecule has 0 spiro atoms. The largest absolute Gasteiger partial charge is 0.481 e. The van der Waals surface area contributed by atoms with Crippen molar-refractivity contribution in [3.05, 3.63) is 81.9 Å². The van der Waals surface area contributed by atoms with Gasteiger partial charge in [0.15, 0.2) is 9.84 Å². The number of aromatic nitrogens is 2. The van der Waals surface area contributed by atoms with E-state index in [-0.39, 0.29) is 54.6 Å². The van der Waals surface area contributed by atoms with Gasteiger partial charge in [0, 0.05) is 72.4 Å². The van der Waals surface area contributed by atoms with Gasteiger partial charge in [-0.15, -0.1) is 0 Å². The normalized spacial score (nSPS) is 15.2. The molecule has 2 aromatic carbocycles. The van der Waals surface area contributed by atoms with E-state index in [1.54, 1.807) is 42.5 Å². The molecule has 0 amide bonds. The van der Waals surface area contributed by atoms with Gasteiger partial charge >= 0.3 is 11.9 Å². The summed E-state index contributed by atoms with van der Waals surface area (Å²) >= 11 is 0. The van der Waals surface area contributed by atoms with E-state index in [1.807, 2.05) is 0 Å². The zero-order valence-electron chi connectivity index (χ0n) is 24.0. The minimum Gasteiger partial charge on any atom is -0.481 e. The fourth-order valence-corrected chi connectivity index (χ4v) is 6.93. The molecule has 3 heterocycles. The summed E-state index contributed by atoms with van der Waals surface area (Å²) in [6.45, 7) is 0. The van der Waals surface area contributed by atoms with Gasteiger partial charge in [0.05, 0.1) is 17.5 Å². The lowest BCUT2D eigenvalue weighted by Crippen LogP contribution is -2.25. The number of aliphatic carboxylic acids is 2. The summed E-state index contributed by atoms with van der Waals surface area (Å²) < 4.78 is 55.5. The second-order valence-corrected chi connectivity index (χ2v) is 13.5. The lowest BCUT2D eigenvalue weighted by Gasteiger charge is -2.35. The van der Waals surface area contributed by atoms with Crippen molar-refractivity contribution >= 4 is 44.1 Å². The number of benzene rings is 2. The van der Waals surface area contributed by atoms with Crippen LogP contribution in [0.2, 0.25) is 0 Å². The van der Waals surface area contributed by atoms with E-state index < -0.39 is 45.4 Å². The maximum absolute atomic E-state index is 15.6. The lowest BCUT2D eigenvalue weighted by atomic mass is 9.89. The van der Waals surface area contributed by atoms with E-state index in [0.717, 1.165) is 18.4 Å². The molecule has 5 rings (SSSR count). The van der Waals surface area contributed by atoms with E-state index in [4.69, 9.17) is 0 Å². The predicted molar refractivity (Wildman–Crippen MR) is 161 cm³/mol. The molecule has 0 saturated heterocycles. The molecule has 44 heavy (non-hydrogen) atoms. The van der Waals surface area contributed by atoms with Crippen molar-refractivity contribution in [2.45, 2.75) is 43.9 Å². The van der Waals surface area contributed by atoms with Crippen LogP contribution in [0.25, 0.3) is 22.0 Å². The second kappa shape index (κ2) is 11.9. The third kappa shape index (κ3) is 6.23. The monoisotopic (exact) mass is 627 g/mol. The zero-order chi connectivity index (χ0) is 31.9. The van der Waals surface area contributed by atoms with Crippen molar-refractivity contribution in [1.29, 1.82) is 0 Å². The quantitative estimate of drug-likeness (QED) is 0.203. The summed E-state index contributed by atoms with van der Waals surface area (Å²) in [5, 5.41) is 19.3. The number of hydrogen-bond donors (Lipinski definition) is 3. The standard InChI is InChI=1S/C31H31F2N3O7S/c1-35-15-22-20-11-18(16-44(2,42)43)4-8-24(20)36(26-9-6-19(32)13-23(26)33)25(21-14-34-30(29(21)22)31(35)41)7-3-17(12-28(39)40)5-10-27(37)38/h4,6,8-9,11,13-15,17,25,34H,3,5,7,10,12,16H2,1-2H3,(H,37,38)(H,39,40). The average Bonchev–Trinajstić information content (AvgIpc) is 3.32. The van der Waals surface area contributed by atoms with E-state index in [9.17, 15) is 37.4 Å². The Hall–Kier alpha value is -4.52. The Morgan fingerprint density at radius 1 is 1.02 bits per heavy atom.